The van der Waals surface area contributed by atoms with Crippen molar-refractivity contribution < 1.29 is 4.79 Å². The van der Waals surface area contributed by atoms with E-state index in [2.05, 4.69) is 0 Å². The van der Waals surface area contributed by atoms with E-state index in [0.717, 1.165) is 6.41 Å². The summed E-state index contributed by atoms with van der Waals surface area (Å²) in [6, 6.07) is 0.331. The third-order valence-electron chi connectivity index (χ3n) is 0.981. The lowest BCUT2D eigenvalue weighted by molar-refractivity contribution is -0.118. The maximum absolute atomic E-state index is 9.87. The molecular formula is C5H11NO. The number of hydrogen-bond acceptors (Lipinski definition) is 1. The fourth-order valence-electron chi connectivity index (χ4n) is 0.122. The molecule has 0 rings (SSSR count). The molecule has 7 heavy (non-hydrogen) atoms. The monoisotopic (exact) mass is 101 g/mol. The molecule has 0 spiro atoms. The quantitative estimate of drug-likeness (QED) is 0.463. The second-order valence-electron chi connectivity index (χ2n) is 1.86. The number of carbonyl (C=O) groups excluding carboxylic acids is 1. The zero-order valence-electron chi connectivity index (χ0n) is 5.01. The molecule has 0 aromatic rings. The molecule has 0 aliphatic carbocycles. The molecule has 0 N–H and O–H groups in total. The second-order valence-corrected chi connectivity index (χ2v) is 1.86. The number of hydrogen-bond donors (Lipinski definition) is 0. The maximum Gasteiger partial charge on any atom is 0.209 e. The molecule has 0 heterocycles. The average molecular weight is 101 g/mol. The van der Waals surface area contributed by atoms with Gasteiger partial charge in [-0.25, -0.2) is 0 Å². The van der Waals surface area contributed by atoms with E-state index in [1.165, 1.54) is 0 Å². The first-order valence-corrected chi connectivity index (χ1v) is 2.35. The van der Waals surface area contributed by atoms with Gasteiger partial charge in [0.2, 0.25) is 6.41 Å². The summed E-state index contributed by atoms with van der Waals surface area (Å²) < 4.78 is 0. The van der Waals surface area contributed by atoms with Crippen molar-refractivity contribution in [3.8, 4) is 0 Å². The molecule has 0 aliphatic rings. The van der Waals surface area contributed by atoms with Gasteiger partial charge in [0.15, 0.2) is 0 Å². The van der Waals surface area contributed by atoms with E-state index < -0.39 is 0 Å². The smallest absolute Gasteiger partial charge is 0.209 e. The molecule has 0 fully saturated rings. The van der Waals surface area contributed by atoms with Gasteiger partial charge >= 0.3 is 0 Å². The Kier molecular flexibility index (Phi) is 2.41. The molecule has 0 bridgehead atoms. The molecule has 0 saturated heterocycles. The van der Waals surface area contributed by atoms with Crippen molar-refractivity contribution >= 4 is 6.41 Å². The van der Waals surface area contributed by atoms with E-state index in [1.807, 2.05) is 13.8 Å². The first-order valence-electron chi connectivity index (χ1n) is 2.35. The topological polar surface area (TPSA) is 20.3 Å². The van der Waals surface area contributed by atoms with Crippen LogP contribution in [0.1, 0.15) is 13.8 Å². The Balaban J connectivity index is 3.33. The Bertz CT molecular complexity index is 61.1. The lowest BCUT2D eigenvalue weighted by Gasteiger charge is -2.13. The van der Waals surface area contributed by atoms with Crippen molar-refractivity contribution in [1.82, 2.24) is 4.90 Å². The van der Waals surface area contributed by atoms with Gasteiger partial charge in [0.25, 0.3) is 0 Å². The Morgan fingerprint density at radius 3 is 2.00 bits per heavy atom. The SMILES string of the molecule is CC(C)N(C)C=O. The highest BCUT2D eigenvalue weighted by molar-refractivity contribution is 5.46. The van der Waals surface area contributed by atoms with Crippen molar-refractivity contribution in [3.05, 3.63) is 0 Å². The molecule has 0 aromatic carbocycles. The summed E-state index contributed by atoms with van der Waals surface area (Å²) in [5.41, 5.74) is 0. The van der Waals surface area contributed by atoms with Gasteiger partial charge < -0.3 is 4.90 Å². The highest BCUT2D eigenvalue weighted by Crippen LogP contribution is 1.85. The fourth-order valence-corrected chi connectivity index (χ4v) is 0.122. The number of rotatable bonds is 2. The van der Waals surface area contributed by atoms with Gasteiger partial charge in [-0.2, -0.15) is 0 Å². The van der Waals surface area contributed by atoms with Gasteiger partial charge in [-0.1, -0.05) is 0 Å². The molecule has 1 amide bonds. The van der Waals surface area contributed by atoms with Crippen LogP contribution in [-0.2, 0) is 4.79 Å². The Labute approximate surface area is 44.1 Å². The summed E-state index contributed by atoms with van der Waals surface area (Å²) in [6.07, 6.45) is 0.824. The normalized spacial score (nSPS) is 9.14. The van der Waals surface area contributed by atoms with Gasteiger partial charge in [0.05, 0.1) is 0 Å². The molecule has 0 atom stereocenters. The molecule has 0 aliphatic heterocycles. The summed E-state index contributed by atoms with van der Waals surface area (Å²) >= 11 is 0. The maximum atomic E-state index is 9.87. The third-order valence-corrected chi connectivity index (χ3v) is 0.981. The van der Waals surface area contributed by atoms with Crippen LogP contribution in [0.15, 0.2) is 0 Å². The van der Waals surface area contributed by atoms with Crippen LogP contribution in [-0.4, -0.2) is 24.4 Å². The molecule has 0 radical (unpaired) electrons. The van der Waals surface area contributed by atoms with Crippen molar-refractivity contribution in [2.75, 3.05) is 7.05 Å². The van der Waals surface area contributed by atoms with E-state index >= 15 is 0 Å². The minimum absolute atomic E-state index is 0.331. The van der Waals surface area contributed by atoms with E-state index in [9.17, 15) is 4.79 Å². The lowest BCUT2D eigenvalue weighted by Crippen LogP contribution is -2.23. The third kappa shape index (κ3) is 2.20. The minimum atomic E-state index is 0.331. The second kappa shape index (κ2) is 2.61. The zero-order valence-corrected chi connectivity index (χ0v) is 5.01. The van der Waals surface area contributed by atoms with Crippen LogP contribution in [0.4, 0.5) is 0 Å². The Morgan fingerprint density at radius 2 is 2.00 bits per heavy atom. The van der Waals surface area contributed by atoms with Crippen molar-refractivity contribution in [2.24, 2.45) is 0 Å². The standard InChI is InChI=1S/C5H11NO/c1-5(2)6(3)4-7/h4-5H,1-3H3. The first-order chi connectivity index (χ1) is 3.18. The van der Waals surface area contributed by atoms with Crippen molar-refractivity contribution in [1.29, 1.82) is 0 Å². The van der Waals surface area contributed by atoms with Crippen LogP contribution in [0.25, 0.3) is 0 Å². The van der Waals surface area contributed by atoms with Gasteiger partial charge in [0.1, 0.15) is 0 Å². The van der Waals surface area contributed by atoms with Gasteiger partial charge in [-0.05, 0) is 13.8 Å². The first kappa shape index (κ1) is 6.47. The molecule has 2 heteroatoms. The Hall–Kier alpha value is -0.530. The van der Waals surface area contributed by atoms with Crippen LogP contribution >= 0.6 is 0 Å². The summed E-state index contributed by atoms with van der Waals surface area (Å²) in [5, 5.41) is 0. The predicted octanol–water partition coefficient (Wildman–Crippen LogP) is 0.483. The summed E-state index contributed by atoms with van der Waals surface area (Å²) in [4.78, 5) is 11.5. The largest absolute Gasteiger partial charge is 0.346 e. The van der Waals surface area contributed by atoms with E-state index in [1.54, 1.807) is 11.9 Å². The van der Waals surface area contributed by atoms with E-state index in [0.29, 0.717) is 6.04 Å². The number of amides is 1. The summed E-state index contributed by atoms with van der Waals surface area (Å²) in [5.74, 6) is 0. The highest BCUT2D eigenvalue weighted by Gasteiger charge is 1.94. The number of nitrogens with zero attached hydrogens (tertiary/aromatic N) is 1. The zero-order chi connectivity index (χ0) is 5.86. The van der Waals surface area contributed by atoms with Gasteiger partial charge in [-0.3, -0.25) is 4.79 Å². The lowest BCUT2D eigenvalue weighted by atomic mass is 10.4. The van der Waals surface area contributed by atoms with Crippen LogP contribution in [0.5, 0.6) is 0 Å². The minimum Gasteiger partial charge on any atom is -0.346 e. The van der Waals surface area contributed by atoms with Crippen LogP contribution < -0.4 is 0 Å². The van der Waals surface area contributed by atoms with Crippen LogP contribution in [0, 0.1) is 0 Å². The van der Waals surface area contributed by atoms with E-state index in [-0.39, 0.29) is 0 Å². The fraction of sp³-hybridized carbons (Fsp3) is 0.800. The summed E-state index contributed by atoms with van der Waals surface area (Å²) in [6.45, 7) is 3.93. The molecule has 0 aromatic heterocycles. The molecular weight excluding hydrogens is 90.1 g/mol. The van der Waals surface area contributed by atoms with Crippen molar-refractivity contribution in [2.45, 2.75) is 19.9 Å². The van der Waals surface area contributed by atoms with Gasteiger partial charge in [-0.15, -0.1) is 0 Å². The van der Waals surface area contributed by atoms with Crippen molar-refractivity contribution in [3.63, 3.8) is 0 Å². The Morgan fingerprint density at radius 1 is 1.57 bits per heavy atom. The van der Waals surface area contributed by atoms with Crippen LogP contribution in [0.2, 0.25) is 0 Å². The summed E-state index contributed by atoms with van der Waals surface area (Å²) in [7, 11) is 1.76. The van der Waals surface area contributed by atoms with E-state index in [4.69, 9.17) is 0 Å². The average Bonchev–Trinajstić information content (AvgIpc) is 1.65. The number of carbonyl (C=O) groups is 1. The van der Waals surface area contributed by atoms with Gasteiger partial charge in [0, 0.05) is 13.1 Å². The highest BCUT2D eigenvalue weighted by atomic mass is 16.1. The van der Waals surface area contributed by atoms with Crippen LogP contribution in [0.3, 0.4) is 0 Å². The molecule has 0 saturated carbocycles. The molecule has 0 unspecified atom stereocenters. The molecule has 2 nitrogen and oxygen atoms in total. The molecule has 42 valence electrons. The predicted molar refractivity (Wildman–Crippen MR) is 29.0 cm³/mol.